The zero-order chi connectivity index (χ0) is 18.0. The number of aromatic nitrogens is 4. The molecule has 1 atom stereocenters. The van der Waals surface area contributed by atoms with Crippen molar-refractivity contribution < 1.29 is 4.79 Å². The van der Waals surface area contributed by atoms with Crippen molar-refractivity contribution in [3.63, 3.8) is 0 Å². The second kappa shape index (κ2) is 7.31. The number of nitrogens with zero attached hydrogens (tertiary/aromatic N) is 4. The first-order valence-electron chi connectivity index (χ1n) is 8.46. The van der Waals surface area contributed by atoms with Gasteiger partial charge in [0, 0.05) is 22.7 Å². The van der Waals surface area contributed by atoms with E-state index < -0.39 is 0 Å². The van der Waals surface area contributed by atoms with E-state index in [0.717, 1.165) is 17.0 Å². The summed E-state index contributed by atoms with van der Waals surface area (Å²) in [6, 6.07) is 4.16. The molecule has 3 aromatic rings. The fourth-order valence-electron chi connectivity index (χ4n) is 3.04. The number of fused-ring (bicyclic) bond motifs is 1. The van der Waals surface area contributed by atoms with E-state index in [2.05, 4.69) is 40.3 Å². The van der Waals surface area contributed by atoms with Crippen LogP contribution in [0.1, 0.15) is 48.1 Å². The van der Waals surface area contributed by atoms with Gasteiger partial charge in [0.1, 0.15) is 6.33 Å². The molecule has 0 aliphatic carbocycles. The zero-order valence-electron chi connectivity index (χ0n) is 15.0. The monoisotopic (exact) mass is 357 g/mol. The zero-order valence-corrected chi connectivity index (χ0v) is 15.8. The summed E-state index contributed by atoms with van der Waals surface area (Å²) in [7, 11) is 0. The van der Waals surface area contributed by atoms with E-state index in [9.17, 15) is 4.79 Å². The van der Waals surface area contributed by atoms with Crippen LogP contribution in [0.5, 0.6) is 0 Å². The molecule has 0 aliphatic rings. The summed E-state index contributed by atoms with van der Waals surface area (Å²) in [6.45, 7) is 8.20. The van der Waals surface area contributed by atoms with Gasteiger partial charge < -0.3 is 5.32 Å². The lowest BCUT2D eigenvalue weighted by Crippen LogP contribution is -2.31. The number of nitrogens with one attached hydrogen (secondary N) is 1. The second-order valence-corrected chi connectivity index (χ2v) is 7.52. The fraction of sp³-hybridized carbons (Fsp3) is 0.444. The van der Waals surface area contributed by atoms with Gasteiger partial charge >= 0.3 is 0 Å². The molecule has 25 heavy (non-hydrogen) atoms. The standard InChI is InChI=1S/C18H23N5OS/c1-11(2)17(15-6-5-9-25-15)22-16(24)8-7-14-12(3)21-18-19-10-20-23(18)13(14)4/h5-6,9-11,17H,7-8H2,1-4H3,(H,22,24). The van der Waals surface area contributed by atoms with Crippen molar-refractivity contribution in [3.8, 4) is 0 Å². The summed E-state index contributed by atoms with van der Waals surface area (Å²) >= 11 is 1.68. The number of carbonyl (C=O) groups excluding carboxylic acids is 1. The number of amides is 1. The molecule has 3 heterocycles. The second-order valence-electron chi connectivity index (χ2n) is 6.54. The minimum absolute atomic E-state index is 0.0598. The number of carbonyl (C=O) groups is 1. The highest BCUT2D eigenvalue weighted by atomic mass is 32.1. The van der Waals surface area contributed by atoms with E-state index in [4.69, 9.17) is 0 Å². The van der Waals surface area contributed by atoms with E-state index in [1.165, 1.54) is 11.2 Å². The maximum absolute atomic E-state index is 12.5. The fourth-order valence-corrected chi connectivity index (χ4v) is 3.98. The molecule has 0 radical (unpaired) electrons. The Kier molecular flexibility index (Phi) is 5.13. The number of rotatable bonds is 6. The Morgan fingerprint density at radius 2 is 2.16 bits per heavy atom. The summed E-state index contributed by atoms with van der Waals surface area (Å²) in [5, 5.41) is 9.42. The van der Waals surface area contributed by atoms with E-state index >= 15 is 0 Å². The molecule has 132 valence electrons. The van der Waals surface area contributed by atoms with Gasteiger partial charge in [0.2, 0.25) is 5.91 Å². The molecular weight excluding hydrogens is 334 g/mol. The van der Waals surface area contributed by atoms with Crippen molar-refractivity contribution in [1.29, 1.82) is 0 Å². The third-order valence-electron chi connectivity index (χ3n) is 4.42. The van der Waals surface area contributed by atoms with Crippen molar-refractivity contribution in [2.75, 3.05) is 0 Å². The highest BCUT2D eigenvalue weighted by Crippen LogP contribution is 2.26. The van der Waals surface area contributed by atoms with Gasteiger partial charge in [0.25, 0.3) is 5.78 Å². The molecule has 0 spiro atoms. The van der Waals surface area contributed by atoms with Crippen LogP contribution in [0.2, 0.25) is 0 Å². The predicted octanol–water partition coefficient (Wildman–Crippen LogP) is 3.25. The van der Waals surface area contributed by atoms with E-state index in [1.807, 2.05) is 25.3 Å². The average Bonchev–Trinajstić information content (AvgIpc) is 3.23. The summed E-state index contributed by atoms with van der Waals surface area (Å²) in [6.07, 6.45) is 2.57. The number of hydrogen-bond acceptors (Lipinski definition) is 5. The summed E-state index contributed by atoms with van der Waals surface area (Å²) in [4.78, 5) is 22.3. The largest absolute Gasteiger partial charge is 0.348 e. The number of thiophene rings is 1. The van der Waals surface area contributed by atoms with Crippen molar-refractivity contribution in [3.05, 3.63) is 45.7 Å². The Hall–Kier alpha value is -2.28. The van der Waals surface area contributed by atoms with Crippen molar-refractivity contribution in [1.82, 2.24) is 24.9 Å². The van der Waals surface area contributed by atoms with Crippen molar-refractivity contribution in [2.24, 2.45) is 5.92 Å². The molecule has 3 rings (SSSR count). The molecule has 1 N–H and O–H groups in total. The molecule has 3 aromatic heterocycles. The van der Waals surface area contributed by atoms with Gasteiger partial charge in [-0.1, -0.05) is 19.9 Å². The van der Waals surface area contributed by atoms with Crippen LogP contribution in [-0.4, -0.2) is 25.5 Å². The Morgan fingerprint density at radius 3 is 2.84 bits per heavy atom. The van der Waals surface area contributed by atoms with Crippen LogP contribution >= 0.6 is 11.3 Å². The average molecular weight is 357 g/mol. The van der Waals surface area contributed by atoms with Crippen LogP contribution in [0, 0.1) is 19.8 Å². The van der Waals surface area contributed by atoms with Gasteiger partial charge in [0.15, 0.2) is 0 Å². The maximum Gasteiger partial charge on any atom is 0.252 e. The first-order chi connectivity index (χ1) is 12.0. The van der Waals surface area contributed by atoms with Crippen LogP contribution < -0.4 is 5.32 Å². The van der Waals surface area contributed by atoms with Crippen molar-refractivity contribution in [2.45, 2.75) is 46.6 Å². The van der Waals surface area contributed by atoms with Crippen LogP contribution in [0.4, 0.5) is 0 Å². The molecule has 1 amide bonds. The Morgan fingerprint density at radius 1 is 1.36 bits per heavy atom. The minimum atomic E-state index is 0.0598. The van der Waals surface area contributed by atoms with Gasteiger partial charge in [-0.3, -0.25) is 4.79 Å². The number of aryl methyl sites for hydroxylation is 2. The highest BCUT2D eigenvalue weighted by Gasteiger charge is 2.20. The highest BCUT2D eigenvalue weighted by molar-refractivity contribution is 7.10. The van der Waals surface area contributed by atoms with Gasteiger partial charge in [0.05, 0.1) is 6.04 Å². The smallest absolute Gasteiger partial charge is 0.252 e. The SMILES string of the molecule is Cc1nc2ncnn2c(C)c1CCC(=O)NC(c1cccs1)C(C)C. The topological polar surface area (TPSA) is 72.2 Å². The Bertz CT molecular complexity index is 869. The lowest BCUT2D eigenvalue weighted by molar-refractivity contribution is -0.122. The first-order valence-corrected chi connectivity index (χ1v) is 9.34. The molecule has 0 aromatic carbocycles. The molecule has 0 bridgehead atoms. The first kappa shape index (κ1) is 17.5. The van der Waals surface area contributed by atoms with E-state index in [0.29, 0.717) is 24.5 Å². The van der Waals surface area contributed by atoms with Gasteiger partial charge in [-0.2, -0.15) is 10.1 Å². The van der Waals surface area contributed by atoms with Crippen LogP contribution in [0.25, 0.3) is 5.78 Å². The molecule has 0 saturated carbocycles. The van der Waals surface area contributed by atoms with Gasteiger partial charge in [-0.15, -0.1) is 11.3 Å². The van der Waals surface area contributed by atoms with Gasteiger partial charge in [-0.25, -0.2) is 9.50 Å². The normalized spacial score (nSPS) is 12.7. The molecule has 6 nitrogen and oxygen atoms in total. The van der Waals surface area contributed by atoms with E-state index in [-0.39, 0.29) is 11.9 Å². The van der Waals surface area contributed by atoms with E-state index in [1.54, 1.807) is 15.9 Å². The molecule has 1 unspecified atom stereocenters. The molecule has 7 heteroatoms. The predicted molar refractivity (Wildman–Crippen MR) is 98.6 cm³/mol. The summed E-state index contributed by atoms with van der Waals surface area (Å²) in [5.74, 6) is 1.00. The summed E-state index contributed by atoms with van der Waals surface area (Å²) < 4.78 is 1.73. The quantitative estimate of drug-likeness (QED) is 0.735. The van der Waals surface area contributed by atoms with Crippen LogP contribution in [0.3, 0.4) is 0 Å². The molecule has 0 fully saturated rings. The Balaban J connectivity index is 1.70. The van der Waals surface area contributed by atoms with Crippen LogP contribution in [-0.2, 0) is 11.2 Å². The third kappa shape index (κ3) is 3.71. The third-order valence-corrected chi connectivity index (χ3v) is 5.38. The summed E-state index contributed by atoms with van der Waals surface area (Å²) in [5.41, 5.74) is 2.96. The minimum Gasteiger partial charge on any atom is -0.348 e. The molecule has 0 saturated heterocycles. The molecular formula is C18H23N5OS. The van der Waals surface area contributed by atoms with Crippen LogP contribution in [0.15, 0.2) is 23.8 Å². The lowest BCUT2D eigenvalue weighted by atomic mass is 10.0. The van der Waals surface area contributed by atoms with Gasteiger partial charge in [-0.05, 0) is 43.2 Å². The Labute approximate surface area is 151 Å². The van der Waals surface area contributed by atoms with Crippen molar-refractivity contribution >= 4 is 23.0 Å². The maximum atomic E-state index is 12.5. The number of hydrogen-bond donors (Lipinski definition) is 1. The lowest BCUT2D eigenvalue weighted by Gasteiger charge is -2.21. The molecule has 0 aliphatic heterocycles.